The van der Waals surface area contributed by atoms with Gasteiger partial charge >= 0.3 is 0 Å². The van der Waals surface area contributed by atoms with E-state index in [0.29, 0.717) is 11.0 Å². The molecule has 0 saturated heterocycles. The van der Waals surface area contributed by atoms with Gasteiger partial charge in [0.15, 0.2) is 5.82 Å². The Balaban J connectivity index is 3.62. The van der Waals surface area contributed by atoms with Crippen LogP contribution in [0.1, 0.15) is 24.2 Å². The lowest BCUT2D eigenvalue weighted by Gasteiger charge is -2.07. The summed E-state index contributed by atoms with van der Waals surface area (Å²) in [6, 6.07) is 1.07. The van der Waals surface area contributed by atoms with Crippen molar-refractivity contribution in [1.82, 2.24) is 4.57 Å². The zero-order chi connectivity index (χ0) is 10.9. The monoisotopic (exact) mass is 198 g/mol. The minimum atomic E-state index is -0.739. The molecule has 4 nitrogen and oxygen atoms in total. The van der Waals surface area contributed by atoms with Crippen molar-refractivity contribution in [2.24, 2.45) is 0 Å². The van der Waals surface area contributed by atoms with E-state index < -0.39 is 23.1 Å². The average molecular weight is 198 g/mol. The van der Waals surface area contributed by atoms with Gasteiger partial charge in [-0.2, -0.15) is 0 Å². The van der Waals surface area contributed by atoms with Crippen LogP contribution in [0.4, 0.5) is 10.2 Å². The maximum Gasteiger partial charge on any atom is 0.262 e. The maximum atomic E-state index is 13.1. The number of hydrogen-bond donors (Lipinski definition) is 1. The first-order valence-electron chi connectivity index (χ1n) is 4.19. The highest BCUT2D eigenvalue weighted by atomic mass is 19.1. The fraction of sp³-hybridized carbons (Fsp3) is 0.333. The molecular weight excluding hydrogens is 187 g/mol. The molecule has 0 fully saturated rings. The Labute approximate surface area is 80.1 Å². The van der Waals surface area contributed by atoms with Crippen molar-refractivity contribution < 1.29 is 9.18 Å². The van der Waals surface area contributed by atoms with Crippen LogP contribution in [0.3, 0.4) is 0 Å². The van der Waals surface area contributed by atoms with Crippen LogP contribution >= 0.6 is 0 Å². The molecule has 0 spiro atoms. The van der Waals surface area contributed by atoms with Crippen LogP contribution in [0, 0.1) is 5.82 Å². The number of carbonyl (C=O) groups is 1. The topological polar surface area (TPSA) is 65.1 Å². The number of hydrogen-bond acceptors (Lipinski definition) is 3. The van der Waals surface area contributed by atoms with Crippen molar-refractivity contribution in [1.29, 1.82) is 0 Å². The first kappa shape index (κ1) is 10.4. The van der Waals surface area contributed by atoms with E-state index in [1.165, 1.54) is 0 Å². The van der Waals surface area contributed by atoms with E-state index in [2.05, 4.69) is 0 Å². The lowest BCUT2D eigenvalue weighted by Crippen LogP contribution is -2.30. The Morgan fingerprint density at radius 1 is 1.64 bits per heavy atom. The molecule has 0 atom stereocenters. The van der Waals surface area contributed by atoms with Crippen molar-refractivity contribution in [3.8, 4) is 0 Å². The van der Waals surface area contributed by atoms with Gasteiger partial charge in [-0.05, 0) is 12.5 Å². The highest BCUT2D eigenvalue weighted by Gasteiger charge is 2.13. The standard InChI is InChI=1S/C9H11FN2O2/c1-3-6-4-7(10)8(11)12(5(2)13)9(6)14/h4H,3,11H2,1-2H3. The largest absolute Gasteiger partial charge is 0.382 e. The van der Waals surface area contributed by atoms with Crippen molar-refractivity contribution in [2.45, 2.75) is 20.3 Å². The summed E-state index contributed by atoms with van der Waals surface area (Å²) in [6.45, 7) is 2.87. The van der Waals surface area contributed by atoms with E-state index in [1.54, 1.807) is 6.92 Å². The summed E-state index contributed by atoms with van der Waals surface area (Å²) in [7, 11) is 0. The molecule has 0 aliphatic rings. The minimum Gasteiger partial charge on any atom is -0.382 e. The fourth-order valence-electron chi connectivity index (χ4n) is 1.21. The number of nitrogen functional groups attached to an aromatic ring is 1. The van der Waals surface area contributed by atoms with E-state index in [0.717, 1.165) is 13.0 Å². The van der Waals surface area contributed by atoms with E-state index >= 15 is 0 Å². The molecular formula is C9H11FN2O2. The van der Waals surface area contributed by atoms with Gasteiger partial charge in [-0.3, -0.25) is 9.59 Å². The number of pyridine rings is 1. The summed E-state index contributed by atoms with van der Waals surface area (Å²) in [5, 5.41) is 0. The van der Waals surface area contributed by atoms with Crippen LogP contribution in [0.15, 0.2) is 10.9 Å². The summed E-state index contributed by atoms with van der Waals surface area (Å²) in [5.74, 6) is -1.75. The van der Waals surface area contributed by atoms with Gasteiger partial charge in [0.1, 0.15) is 5.82 Å². The maximum absolute atomic E-state index is 13.1. The lowest BCUT2D eigenvalue weighted by molar-refractivity contribution is 0.0933. The van der Waals surface area contributed by atoms with E-state index in [-0.39, 0.29) is 5.56 Å². The van der Waals surface area contributed by atoms with Gasteiger partial charge < -0.3 is 5.73 Å². The molecule has 0 unspecified atom stereocenters. The molecule has 0 radical (unpaired) electrons. The molecule has 5 heteroatoms. The van der Waals surface area contributed by atoms with Gasteiger partial charge in [0.25, 0.3) is 5.56 Å². The van der Waals surface area contributed by atoms with Gasteiger partial charge in [0.2, 0.25) is 5.91 Å². The lowest BCUT2D eigenvalue weighted by atomic mass is 10.2. The van der Waals surface area contributed by atoms with Crippen molar-refractivity contribution in [3.63, 3.8) is 0 Å². The summed E-state index contributed by atoms with van der Waals surface area (Å²) in [4.78, 5) is 22.5. The van der Waals surface area contributed by atoms with Crippen LogP contribution in [-0.4, -0.2) is 10.5 Å². The molecule has 76 valence electrons. The fourth-order valence-corrected chi connectivity index (χ4v) is 1.21. The Morgan fingerprint density at radius 2 is 2.21 bits per heavy atom. The van der Waals surface area contributed by atoms with E-state index in [1.807, 2.05) is 0 Å². The van der Waals surface area contributed by atoms with Crippen LogP contribution in [0.2, 0.25) is 0 Å². The zero-order valence-corrected chi connectivity index (χ0v) is 8.00. The number of nitrogens with zero attached hydrogens (tertiary/aromatic N) is 1. The summed E-state index contributed by atoms with van der Waals surface area (Å²) >= 11 is 0. The quantitative estimate of drug-likeness (QED) is 0.725. The second kappa shape index (κ2) is 3.61. The molecule has 0 aromatic carbocycles. The van der Waals surface area contributed by atoms with E-state index in [4.69, 9.17) is 5.73 Å². The van der Waals surface area contributed by atoms with Gasteiger partial charge in [-0.25, -0.2) is 8.96 Å². The number of anilines is 1. The van der Waals surface area contributed by atoms with Crippen LogP contribution in [0.5, 0.6) is 0 Å². The highest BCUT2D eigenvalue weighted by Crippen LogP contribution is 2.09. The number of aryl methyl sites for hydroxylation is 1. The molecule has 1 aromatic rings. The van der Waals surface area contributed by atoms with Gasteiger partial charge in [-0.15, -0.1) is 0 Å². The summed E-state index contributed by atoms with van der Waals surface area (Å²) < 4.78 is 13.8. The molecule has 0 aliphatic heterocycles. The number of aromatic nitrogens is 1. The zero-order valence-electron chi connectivity index (χ0n) is 8.00. The Hall–Kier alpha value is -1.65. The van der Waals surface area contributed by atoms with Gasteiger partial charge in [0.05, 0.1) is 0 Å². The highest BCUT2D eigenvalue weighted by molar-refractivity contribution is 5.79. The Bertz CT molecular complexity index is 437. The first-order valence-corrected chi connectivity index (χ1v) is 4.19. The molecule has 0 bridgehead atoms. The van der Waals surface area contributed by atoms with E-state index in [9.17, 15) is 14.0 Å². The summed E-state index contributed by atoms with van der Waals surface area (Å²) in [5.41, 5.74) is 4.97. The average Bonchev–Trinajstić information content (AvgIpc) is 2.11. The molecule has 0 amide bonds. The third-order valence-electron chi connectivity index (χ3n) is 1.96. The molecule has 1 aromatic heterocycles. The van der Waals surface area contributed by atoms with Crippen LogP contribution in [-0.2, 0) is 6.42 Å². The third kappa shape index (κ3) is 1.53. The third-order valence-corrected chi connectivity index (χ3v) is 1.96. The SMILES string of the molecule is CCc1cc(F)c(N)n(C(C)=O)c1=O. The molecule has 0 saturated carbocycles. The first-order chi connectivity index (χ1) is 6.49. The Kier molecular flexibility index (Phi) is 2.69. The molecule has 14 heavy (non-hydrogen) atoms. The van der Waals surface area contributed by atoms with Crippen molar-refractivity contribution >= 4 is 11.7 Å². The molecule has 2 N–H and O–H groups in total. The number of rotatable bonds is 1. The van der Waals surface area contributed by atoms with Crippen LogP contribution in [0.25, 0.3) is 0 Å². The van der Waals surface area contributed by atoms with Gasteiger partial charge in [0, 0.05) is 12.5 Å². The minimum absolute atomic E-state index is 0.243. The summed E-state index contributed by atoms with van der Waals surface area (Å²) in [6.07, 6.45) is 0.364. The van der Waals surface area contributed by atoms with Crippen molar-refractivity contribution in [3.05, 3.63) is 27.8 Å². The molecule has 1 rings (SSSR count). The number of nitrogens with two attached hydrogens (primary N) is 1. The number of halogens is 1. The van der Waals surface area contributed by atoms with Gasteiger partial charge in [-0.1, -0.05) is 6.92 Å². The second-order valence-electron chi connectivity index (χ2n) is 2.92. The normalized spacial score (nSPS) is 10.2. The smallest absolute Gasteiger partial charge is 0.262 e. The second-order valence-corrected chi connectivity index (χ2v) is 2.92. The number of carbonyl (C=O) groups excluding carboxylic acids is 1. The molecule has 1 heterocycles. The van der Waals surface area contributed by atoms with Crippen molar-refractivity contribution in [2.75, 3.05) is 5.73 Å². The predicted molar refractivity (Wildman–Crippen MR) is 50.8 cm³/mol. The van der Waals surface area contributed by atoms with Crippen LogP contribution < -0.4 is 11.3 Å². The molecule has 0 aliphatic carbocycles. The predicted octanol–water partition coefficient (Wildman–Crippen LogP) is 0.792. The Morgan fingerprint density at radius 3 is 2.64 bits per heavy atom.